The third-order valence-electron chi connectivity index (χ3n) is 4.26. The lowest BCUT2D eigenvalue weighted by Crippen LogP contribution is -1.94. The molecule has 128 valence electrons. The molecule has 0 radical (unpaired) electrons. The van der Waals surface area contributed by atoms with Gasteiger partial charge in [-0.05, 0) is 81.9 Å². The van der Waals surface area contributed by atoms with Crippen molar-refractivity contribution in [2.75, 3.05) is 0 Å². The van der Waals surface area contributed by atoms with Crippen LogP contribution in [0.3, 0.4) is 0 Å². The van der Waals surface area contributed by atoms with Crippen molar-refractivity contribution in [3.05, 3.63) is 76.5 Å². The van der Waals surface area contributed by atoms with Crippen LogP contribution in [0.15, 0.2) is 64.8 Å². The third-order valence-corrected chi connectivity index (χ3v) is 4.26. The Morgan fingerprint density at radius 3 is 2.29 bits per heavy atom. The first-order chi connectivity index (χ1) is 11.3. The van der Waals surface area contributed by atoms with Crippen LogP contribution < -0.4 is 0 Å². The van der Waals surface area contributed by atoms with Gasteiger partial charge in [0.15, 0.2) is 0 Å². The molecular formula is C23H31N. The van der Waals surface area contributed by atoms with Crippen LogP contribution >= 0.6 is 0 Å². The van der Waals surface area contributed by atoms with Crippen molar-refractivity contribution < 1.29 is 0 Å². The number of allylic oxidation sites excluding steroid dienone is 6. The van der Waals surface area contributed by atoms with E-state index in [4.69, 9.17) is 4.99 Å². The lowest BCUT2D eigenvalue weighted by Gasteiger charge is -2.11. The van der Waals surface area contributed by atoms with E-state index in [0.29, 0.717) is 0 Å². The second-order valence-electron chi connectivity index (χ2n) is 6.53. The zero-order valence-corrected chi connectivity index (χ0v) is 16.3. The minimum Gasteiger partial charge on any atom is -0.253 e. The summed E-state index contributed by atoms with van der Waals surface area (Å²) in [5.74, 6) is 0. The molecule has 0 N–H and O–H groups in total. The van der Waals surface area contributed by atoms with E-state index >= 15 is 0 Å². The highest BCUT2D eigenvalue weighted by Crippen LogP contribution is 2.25. The molecule has 0 saturated heterocycles. The van der Waals surface area contributed by atoms with Crippen molar-refractivity contribution in [2.24, 2.45) is 4.99 Å². The van der Waals surface area contributed by atoms with Crippen molar-refractivity contribution in [3.8, 4) is 0 Å². The van der Waals surface area contributed by atoms with Crippen LogP contribution in [0.25, 0.3) is 5.57 Å². The van der Waals surface area contributed by atoms with Crippen molar-refractivity contribution in [1.82, 2.24) is 0 Å². The summed E-state index contributed by atoms with van der Waals surface area (Å²) in [5, 5.41) is 0. The van der Waals surface area contributed by atoms with E-state index in [1.54, 1.807) is 0 Å². The number of hydrogen-bond donors (Lipinski definition) is 0. The normalized spacial score (nSPS) is 14.1. The lowest BCUT2D eigenvalue weighted by atomic mass is 9.98. The Balaban J connectivity index is 3.23. The molecule has 0 spiro atoms. The Kier molecular flexibility index (Phi) is 7.64. The Morgan fingerprint density at radius 1 is 1.08 bits per heavy atom. The molecule has 0 aliphatic carbocycles. The summed E-state index contributed by atoms with van der Waals surface area (Å²) in [6.07, 6.45) is 7.33. The second kappa shape index (κ2) is 9.22. The van der Waals surface area contributed by atoms with Crippen molar-refractivity contribution in [2.45, 2.75) is 54.9 Å². The maximum absolute atomic E-state index is 4.81. The van der Waals surface area contributed by atoms with E-state index in [2.05, 4.69) is 77.6 Å². The topological polar surface area (TPSA) is 12.4 Å². The van der Waals surface area contributed by atoms with E-state index in [0.717, 1.165) is 23.4 Å². The molecule has 24 heavy (non-hydrogen) atoms. The van der Waals surface area contributed by atoms with Crippen LogP contribution in [0, 0.1) is 13.8 Å². The SMILES string of the molecule is C=C(C)C(/N=C(C)\C=C/C=C(\C)CC)=C(/C)c1ccc(C)c(C)c1. The molecule has 0 aliphatic rings. The van der Waals surface area contributed by atoms with Gasteiger partial charge in [-0.15, -0.1) is 0 Å². The predicted molar refractivity (Wildman–Crippen MR) is 110 cm³/mol. The maximum Gasteiger partial charge on any atom is 0.0691 e. The number of aryl methyl sites for hydroxylation is 2. The first-order valence-corrected chi connectivity index (χ1v) is 8.59. The van der Waals surface area contributed by atoms with E-state index in [-0.39, 0.29) is 0 Å². The van der Waals surface area contributed by atoms with Gasteiger partial charge in [-0.2, -0.15) is 0 Å². The van der Waals surface area contributed by atoms with Gasteiger partial charge >= 0.3 is 0 Å². The monoisotopic (exact) mass is 321 g/mol. The molecule has 0 saturated carbocycles. The molecule has 0 aliphatic heterocycles. The smallest absolute Gasteiger partial charge is 0.0691 e. The average Bonchev–Trinajstić information content (AvgIpc) is 2.54. The van der Waals surface area contributed by atoms with E-state index in [9.17, 15) is 0 Å². The van der Waals surface area contributed by atoms with Crippen LogP contribution in [-0.4, -0.2) is 5.71 Å². The number of aliphatic imine (C=N–C) groups is 1. The second-order valence-corrected chi connectivity index (χ2v) is 6.53. The third kappa shape index (κ3) is 5.81. The van der Waals surface area contributed by atoms with E-state index < -0.39 is 0 Å². The fourth-order valence-corrected chi connectivity index (χ4v) is 2.29. The quantitative estimate of drug-likeness (QED) is 0.396. The van der Waals surface area contributed by atoms with Gasteiger partial charge in [-0.3, -0.25) is 4.99 Å². The summed E-state index contributed by atoms with van der Waals surface area (Å²) in [5.41, 5.74) is 9.28. The Morgan fingerprint density at radius 2 is 1.75 bits per heavy atom. The molecule has 1 aromatic carbocycles. The molecular weight excluding hydrogens is 290 g/mol. The van der Waals surface area contributed by atoms with Gasteiger partial charge in [-0.1, -0.05) is 49.4 Å². The molecule has 1 nitrogen and oxygen atoms in total. The maximum atomic E-state index is 4.81. The minimum atomic E-state index is 0.969. The predicted octanol–water partition coefficient (Wildman–Crippen LogP) is 6.98. The fraction of sp³-hybridized carbons (Fsp3) is 0.348. The highest BCUT2D eigenvalue weighted by molar-refractivity contribution is 5.94. The van der Waals surface area contributed by atoms with Crippen LogP contribution in [0.4, 0.5) is 0 Å². The van der Waals surface area contributed by atoms with Gasteiger partial charge in [0.05, 0.1) is 5.70 Å². The first kappa shape index (κ1) is 19.9. The van der Waals surface area contributed by atoms with E-state index in [1.807, 2.05) is 13.8 Å². The summed E-state index contributed by atoms with van der Waals surface area (Å²) >= 11 is 0. The molecule has 0 bridgehead atoms. The van der Waals surface area contributed by atoms with Crippen molar-refractivity contribution in [3.63, 3.8) is 0 Å². The van der Waals surface area contributed by atoms with Crippen LogP contribution in [0.1, 0.15) is 57.7 Å². The van der Waals surface area contributed by atoms with Crippen molar-refractivity contribution in [1.29, 1.82) is 0 Å². The molecule has 0 unspecified atom stereocenters. The van der Waals surface area contributed by atoms with Gasteiger partial charge in [0.25, 0.3) is 0 Å². The minimum absolute atomic E-state index is 0.969. The van der Waals surface area contributed by atoms with E-state index in [1.165, 1.54) is 27.8 Å². The lowest BCUT2D eigenvalue weighted by molar-refractivity contribution is 1.10. The van der Waals surface area contributed by atoms with Crippen LogP contribution in [0.2, 0.25) is 0 Å². The van der Waals surface area contributed by atoms with Gasteiger partial charge in [0, 0.05) is 5.71 Å². The fourth-order valence-electron chi connectivity index (χ4n) is 2.29. The van der Waals surface area contributed by atoms with Crippen molar-refractivity contribution >= 4 is 11.3 Å². The van der Waals surface area contributed by atoms with Crippen LogP contribution in [0.5, 0.6) is 0 Å². The Labute approximate surface area is 148 Å². The van der Waals surface area contributed by atoms with Gasteiger partial charge < -0.3 is 0 Å². The first-order valence-electron chi connectivity index (χ1n) is 8.59. The summed E-state index contributed by atoms with van der Waals surface area (Å²) in [6, 6.07) is 6.55. The highest BCUT2D eigenvalue weighted by atomic mass is 14.8. The molecule has 1 heteroatoms. The molecule has 1 rings (SSSR count). The number of benzene rings is 1. The molecule has 0 amide bonds. The number of nitrogens with zero attached hydrogens (tertiary/aromatic N) is 1. The van der Waals surface area contributed by atoms with Gasteiger partial charge in [0.1, 0.15) is 0 Å². The van der Waals surface area contributed by atoms with Gasteiger partial charge in [-0.25, -0.2) is 0 Å². The summed E-state index contributed by atoms with van der Waals surface area (Å²) in [4.78, 5) is 4.81. The largest absolute Gasteiger partial charge is 0.253 e. The zero-order valence-electron chi connectivity index (χ0n) is 16.3. The summed E-state index contributed by atoms with van der Waals surface area (Å²) in [6.45, 7) is 18.9. The molecule has 0 atom stereocenters. The summed E-state index contributed by atoms with van der Waals surface area (Å²) < 4.78 is 0. The average molecular weight is 322 g/mol. The highest BCUT2D eigenvalue weighted by Gasteiger charge is 2.06. The van der Waals surface area contributed by atoms with Gasteiger partial charge in [0.2, 0.25) is 0 Å². The summed E-state index contributed by atoms with van der Waals surface area (Å²) in [7, 11) is 0. The van der Waals surface area contributed by atoms with Crippen LogP contribution in [-0.2, 0) is 0 Å². The molecule has 0 heterocycles. The number of hydrogen-bond acceptors (Lipinski definition) is 1. The number of rotatable bonds is 6. The zero-order chi connectivity index (χ0) is 18.3. The Hall–Kier alpha value is -2.15. The Bertz CT molecular complexity index is 724. The molecule has 0 aromatic heterocycles. The standard InChI is InChI=1S/C23H31N/c1-9-17(4)11-10-12-20(7)24-23(16(2)3)21(8)22-14-13-18(5)19(6)15-22/h10-15H,2,9H2,1,3-8H3/b12-10-,17-11+,23-21+,24-20-. The molecule has 1 aromatic rings. The molecule has 0 fully saturated rings.